The third-order valence-corrected chi connectivity index (χ3v) is 3.63. The monoisotopic (exact) mass is 245 g/mol. The molecule has 0 aromatic heterocycles. The van der Waals surface area contributed by atoms with Gasteiger partial charge in [0.1, 0.15) is 0 Å². The lowest BCUT2D eigenvalue weighted by atomic mass is 9.74. The van der Waals surface area contributed by atoms with E-state index in [1.165, 1.54) is 0 Å². The van der Waals surface area contributed by atoms with Gasteiger partial charge in [0.2, 0.25) is 5.91 Å². The number of carbonyl (C=O) groups excluding carboxylic acids is 1. The number of nitrogens with one attached hydrogen (secondary N) is 1. The quantitative estimate of drug-likeness (QED) is 0.726. The highest BCUT2D eigenvalue weighted by molar-refractivity contribution is 7.80. The maximum absolute atomic E-state index is 11.4. The predicted molar refractivity (Wildman–Crippen MR) is 68.8 cm³/mol. The Morgan fingerprint density at radius 1 is 1.44 bits per heavy atom. The maximum Gasteiger partial charge on any atom is 0.220 e. The summed E-state index contributed by atoms with van der Waals surface area (Å²) in [6.45, 7) is 6.93. The minimum Gasteiger partial charge on any atom is -0.381 e. The normalized spacial score (nSPS) is 18.4. The molecule has 3 nitrogen and oxygen atoms in total. The zero-order valence-electron chi connectivity index (χ0n) is 10.3. The minimum absolute atomic E-state index is 0.107. The molecule has 16 heavy (non-hydrogen) atoms. The van der Waals surface area contributed by atoms with Crippen molar-refractivity contribution in [3.63, 3.8) is 0 Å². The smallest absolute Gasteiger partial charge is 0.220 e. The third kappa shape index (κ3) is 4.34. The molecule has 4 heteroatoms. The summed E-state index contributed by atoms with van der Waals surface area (Å²) < 4.78 is 5.36. The number of thiol groups is 1. The van der Waals surface area contributed by atoms with E-state index >= 15 is 0 Å². The molecule has 1 heterocycles. The summed E-state index contributed by atoms with van der Waals surface area (Å²) in [5, 5.41) is 2.99. The van der Waals surface area contributed by atoms with E-state index in [9.17, 15) is 4.79 Å². The first-order valence-corrected chi connectivity index (χ1v) is 6.65. The Morgan fingerprint density at radius 2 is 2.06 bits per heavy atom. The highest BCUT2D eigenvalue weighted by atomic mass is 32.1. The van der Waals surface area contributed by atoms with Crippen LogP contribution in [-0.2, 0) is 9.53 Å². The van der Waals surface area contributed by atoms with Crippen molar-refractivity contribution in [1.82, 2.24) is 5.32 Å². The maximum atomic E-state index is 11.4. The first-order valence-electron chi connectivity index (χ1n) is 6.01. The van der Waals surface area contributed by atoms with E-state index < -0.39 is 0 Å². The largest absolute Gasteiger partial charge is 0.381 e. The molecule has 1 saturated heterocycles. The average molecular weight is 245 g/mol. The fourth-order valence-corrected chi connectivity index (χ4v) is 2.34. The minimum atomic E-state index is 0.107. The van der Waals surface area contributed by atoms with Crippen LogP contribution in [0.2, 0.25) is 0 Å². The second-order valence-electron chi connectivity index (χ2n) is 5.13. The van der Waals surface area contributed by atoms with Crippen LogP contribution in [0.1, 0.15) is 33.1 Å². The molecule has 0 atom stereocenters. The molecule has 0 aromatic carbocycles. The standard InChI is InChI=1S/C12H23NO2S/c1-12(2,9-13-11(14)5-8-16)10-3-6-15-7-4-10/h10,16H,3-9H2,1-2H3,(H,13,14). The van der Waals surface area contributed by atoms with Gasteiger partial charge in [-0.25, -0.2) is 0 Å². The van der Waals surface area contributed by atoms with Gasteiger partial charge in [0.05, 0.1) is 0 Å². The Hall–Kier alpha value is -0.220. The lowest BCUT2D eigenvalue weighted by molar-refractivity contribution is -0.121. The zero-order chi connectivity index (χ0) is 12.0. The summed E-state index contributed by atoms with van der Waals surface area (Å²) in [5.74, 6) is 1.37. The van der Waals surface area contributed by atoms with Crippen LogP contribution in [0.4, 0.5) is 0 Å². The van der Waals surface area contributed by atoms with Crippen LogP contribution < -0.4 is 5.32 Å². The van der Waals surface area contributed by atoms with Gasteiger partial charge in [-0.1, -0.05) is 13.8 Å². The Bertz CT molecular complexity index is 225. The highest BCUT2D eigenvalue weighted by Crippen LogP contribution is 2.33. The summed E-state index contributed by atoms with van der Waals surface area (Å²) >= 11 is 4.05. The molecule has 0 saturated carbocycles. The number of ether oxygens (including phenoxy) is 1. The second kappa shape index (κ2) is 6.50. The highest BCUT2D eigenvalue weighted by Gasteiger charge is 2.31. The number of rotatable bonds is 5. The summed E-state index contributed by atoms with van der Waals surface area (Å²) in [6.07, 6.45) is 2.72. The predicted octanol–water partition coefficient (Wildman–Crippen LogP) is 1.88. The number of hydrogen-bond acceptors (Lipinski definition) is 3. The molecule has 0 aromatic rings. The van der Waals surface area contributed by atoms with Gasteiger partial charge < -0.3 is 10.1 Å². The molecule has 0 unspecified atom stereocenters. The molecule has 94 valence electrons. The van der Waals surface area contributed by atoms with E-state index in [0.29, 0.717) is 18.1 Å². The third-order valence-electron chi connectivity index (χ3n) is 3.41. The molecule has 1 amide bonds. The molecule has 0 aliphatic carbocycles. The van der Waals surface area contributed by atoms with Crippen LogP contribution in [0.25, 0.3) is 0 Å². The van der Waals surface area contributed by atoms with Gasteiger partial charge in [-0.15, -0.1) is 0 Å². The fraction of sp³-hybridized carbons (Fsp3) is 0.917. The molecule has 0 radical (unpaired) electrons. The van der Waals surface area contributed by atoms with Crippen LogP contribution in [0.15, 0.2) is 0 Å². The van der Waals surface area contributed by atoms with Crippen LogP contribution in [0.5, 0.6) is 0 Å². The Labute approximate surface area is 104 Å². The molecule has 1 fully saturated rings. The average Bonchev–Trinajstić information content (AvgIpc) is 2.28. The van der Waals surface area contributed by atoms with E-state index in [1.807, 2.05) is 0 Å². The lowest BCUT2D eigenvalue weighted by Crippen LogP contribution is -2.40. The van der Waals surface area contributed by atoms with Crippen molar-refractivity contribution in [2.45, 2.75) is 33.1 Å². The molecular weight excluding hydrogens is 222 g/mol. The molecule has 0 bridgehead atoms. The van der Waals surface area contributed by atoms with Crippen LogP contribution >= 0.6 is 12.6 Å². The fourth-order valence-electron chi connectivity index (χ4n) is 2.14. The molecule has 1 rings (SSSR count). The summed E-state index contributed by atoms with van der Waals surface area (Å²) in [6, 6.07) is 0. The van der Waals surface area contributed by atoms with Crippen molar-refractivity contribution < 1.29 is 9.53 Å². The van der Waals surface area contributed by atoms with Gasteiger partial charge >= 0.3 is 0 Å². The van der Waals surface area contributed by atoms with Gasteiger partial charge in [0.15, 0.2) is 0 Å². The van der Waals surface area contributed by atoms with Crippen LogP contribution in [0.3, 0.4) is 0 Å². The Kier molecular flexibility index (Phi) is 5.62. The van der Waals surface area contributed by atoms with Gasteiger partial charge in [0.25, 0.3) is 0 Å². The Morgan fingerprint density at radius 3 is 2.62 bits per heavy atom. The van der Waals surface area contributed by atoms with Gasteiger partial charge in [-0.3, -0.25) is 4.79 Å². The van der Waals surface area contributed by atoms with Crippen molar-refractivity contribution in [3.05, 3.63) is 0 Å². The molecular formula is C12H23NO2S. The van der Waals surface area contributed by atoms with Crippen LogP contribution in [-0.4, -0.2) is 31.4 Å². The molecule has 0 spiro atoms. The van der Waals surface area contributed by atoms with Crippen molar-refractivity contribution >= 4 is 18.5 Å². The molecule has 1 N–H and O–H groups in total. The number of hydrogen-bond donors (Lipinski definition) is 2. The summed E-state index contributed by atoms with van der Waals surface area (Å²) in [7, 11) is 0. The van der Waals surface area contributed by atoms with Crippen molar-refractivity contribution in [1.29, 1.82) is 0 Å². The summed E-state index contributed by atoms with van der Waals surface area (Å²) in [5.41, 5.74) is 0.163. The first kappa shape index (κ1) is 13.8. The van der Waals surface area contributed by atoms with E-state index in [4.69, 9.17) is 4.74 Å². The van der Waals surface area contributed by atoms with Crippen molar-refractivity contribution in [2.75, 3.05) is 25.5 Å². The van der Waals surface area contributed by atoms with E-state index in [2.05, 4.69) is 31.8 Å². The van der Waals surface area contributed by atoms with Crippen molar-refractivity contribution in [2.24, 2.45) is 11.3 Å². The van der Waals surface area contributed by atoms with Crippen molar-refractivity contribution in [3.8, 4) is 0 Å². The van der Waals surface area contributed by atoms with Gasteiger partial charge in [0, 0.05) is 26.2 Å². The first-order chi connectivity index (χ1) is 7.56. The van der Waals surface area contributed by atoms with E-state index in [1.54, 1.807) is 0 Å². The second-order valence-corrected chi connectivity index (χ2v) is 5.57. The van der Waals surface area contributed by atoms with Gasteiger partial charge in [-0.2, -0.15) is 12.6 Å². The SMILES string of the molecule is CC(C)(CNC(=O)CCS)C1CCOCC1. The van der Waals surface area contributed by atoms with E-state index in [-0.39, 0.29) is 11.3 Å². The topological polar surface area (TPSA) is 38.3 Å². The van der Waals surface area contributed by atoms with E-state index in [0.717, 1.165) is 32.6 Å². The Balaban J connectivity index is 2.34. The zero-order valence-corrected chi connectivity index (χ0v) is 11.2. The molecule has 1 aliphatic heterocycles. The number of carbonyl (C=O) groups is 1. The summed E-state index contributed by atoms with van der Waals surface area (Å²) in [4.78, 5) is 11.4. The lowest BCUT2D eigenvalue weighted by Gasteiger charge is -2.37. The molecule has 1 aliphatic rings. The van der Waals surface area contributed by atoms with Gasteiger partial charge in [-0.05, 0) is 29.9 Å². The van der Waals surface area contributed by atoms with Crippen LogP contribution in [0, 0.1) is 11.3 Å². The number of amides is 1.